The minimum absolute atomic E-state index is 0.00547. The van der Waals surface area contributed by atoms with E-state index in [9.17, 15) is 9.18 Å². The third-order valence-corrected chi connectivity index (χ3v) is 4.69. The number of methoxy groups -OCH3 is 1. The molecule has 0 unspecified atom stereocenters. The van der Waals surface area contributed by atoms with Crippen molar-refractivity contribution in [3.8, 4) is 17.1 Å². The van der Waals surface area contributed by atoms with Crippen LogP contribution in [0.3, 0.4) is 0 Å². The van der Waals surface area contributed by atoms with Gasteiger partial charge in [-0.2, -0.15) is 0 Å². The average molecular weight is 464 g/mol. The third kappa shape index (κ3) is 4.72. The molecule has 1 aromatic carbocycles. The second kappa shape index (κ2) is 9.85. The van der Waals surface area contributed by atoms with Gasteiger partial charge in [-0.3, -0.25) is 9.48 Å². The summed E-state index contributed by atoms with van der Waals surface area (Å²) >= 11 is 0. The van der Waals surface area contributed by atoms with E-state index in [-0.39, 0.29) is 28.6 Å². The van der Waals surface area contributed by atoms with Gasteiger partial charge in [0.15, 0.2) is 28.9 Å². The van der Waals surface area contributed by atoms with Gasteiger partial charge in [0.25, 0.3) is 5.91 Å². The van der Waals surface area contributed by atoms with Crippen LogP contribution in [-0.2, 0) is 6.54 Å². The summed E-state index contributed by atoms with van der Waals surface area (Å²) in [6.07, 6.45) is 4.79. The highest BCUT2D eigenvalue weighted by molar-refractivity contribution is 5.99. The summed E-state index contributed by atoms with van der Waals surface area (Å²) in [5.74, 6) is 0.265. The lowest BCUT2D eigenvalue weighted by molar-refractivity contribution is 0.0958. The Kier molecular flexibility index (Phi) is 6.52. The molecule has 3 N–H and O–H groups in total. The quantitative estimate of drug-likeness (QED) is 0.356. The number of carbonyl (C=O) groups excluding carboxylic acids is 1. The Morgan fingerprint density at radius 2 is 1.85 bits per heavy atom. The molecule has 0 atom stereocenters. The fourth-order valence-corrected chi connectivity index (χ4v) is 3.13. The number of aromatic nitrogens is 7. The average Bonchev–Trinajstić information content (AvgIpc) is 3.31. The van der Waals surface area contributed by atoms with Gasteiger partial charge in [0.2, 0.25) is 0 Å². The maximum absolute atomic E-state index is 14.6. The molecule has 0 radical (unpaired) electrons. The minimum atomic E-state index is -0.552. The molecule has 4 rings (SSSR count). The van der Waals surface area contributed by atoms with Crippen LogP contribution in [-0.4, -0.2) is 55.2 Å². The maximum atomic E-state index is 14.6. The number of halogens is 1. The molecule has 4 aromatic rings. The Hall–Kier alpha value is -4.68. The molecule has 3 heterocycles. The zero-order valence-electron chi connectivity index (χ0n) is 18.6. The van der Waals surface area contributed by atoms with Crippen molar-refractivity contribution in [3.05, 3.63) is 54.4 Å². The predicted octanol–water partition coefficient (Wildman–Crippen LogP) is 2.54. The number of nitrogens with one attached hydrogen (secondary N) is 3. The Morgan fingerprint density at radius 1 is 1.06 bits per heavy atom. The van der Waals surface area contributed by atoms with E-state index in [1.54, 1.807) is 35.4 Å². The van der Waals surface area contributed by atoms with Crippen molar-refractivity contribution in [1.29, 1.82) is 0 Å². The lowest BCUT2D eigenvalue weighted by Gasteiger charge is -2.16. The first-order chi connectivity index (χ1) is 16.5. The van der Waals surface area contributed by atoms with Gasteiger partial charge in [-0.15, -0.1) is 15.3 Å². The van der Waals surface area contributed by atoms with Gasteiger partial charge in [-0.05, 0) is 19.1 Å². The Balaban J connectivity index is 1.76. The molecular weight excluding hydrogens is 443 g/mol. The van der Waals surface area contributed by atoms with Gasteiger partial charge < -0.3 is 20.7 Å². The Morgan fingerprint density at radius 3 is 2.53 bits per heavy atom. The number of hydrogen-bond acceptors (Lipinski definition) is 10. The van der Waals surface area contributed by atoms with Crippen LogP contribution in [0, 0.1) is 5.82 Å². The molecule has 13 heteroatoms. The number of rotatable bonds is 8. The van der Waals surface area contributed by atoms with E-state index in [2.05, 4.69) is 46.4 Å². The highest BCUT2D eigenvalue weighted by Gasteiger charge is 2.20. The highest BCUT2D eigenvalue weighted by atomic mass is 19.1. The number of anilines is 4. The van der Waals surface area contributed by atoms with E-state index >= 15 is 0 Å². The summed E-state index contributed by atoms with van der Waals surface area (Å²) in [5, 5.41) is 24.6. The van der Waals surface area contributed by atoms with Gasteiger partial charge in [-0.1, -0.05) is 5.21 Å². The lowest BCUT2D eigenvalue weighted by Crippen LogP contribution is -2.21. The molecule has 0 aliphatic rings. The molecular formula is C21H21FN10O2. The number of hydrogen-bond donors (Lipinski definition) is 3. The number of benzene rings is 1. The number of nitrogens with zero attached hydrogens (tertiary/aromatic N) is 7. The number of ether oxygens (including phenoxy) is 1. The van der Waals surface area contributed by atoms with Gasteiger partial charge in [0, 0.05) is 38.1 Å². The van der Waals surface area contributed by atoms with Crippen molar-refractivity contribution in [2.45, 2.75) is 13.5 Å². The predicted molar refractivity (Wildman–Crippen MR) is 122 cm³/mol. The first-order valence-corrected chi connectivity index (χ1v) is 10.2. The molecule has 0 aliphatic heterocycles. The molecule has 3 aromatic heterocycles. The van der Waals surface area contributed by atoms with Crippen LogP contribution in [0.2, 0.25) is 0 Å². The molecule has 0 spiro atoms. The van der Waals surface area contributed by atoms with Crippen LogP contribution in [0.1, 0.15) is 17.4 Å². The summed E-state index contributed by atoms with van der Waals surface area (Å²) in [6.45, 7) is 2.58. The zero-order valence-corrected chi connectivity index (χ0v) is 18.6. The van der Waals surface area contributed by atoms with E-state index in [0.29, 0.717) is 23.7 Å². The number of amides is 1. The largest absolute Gasteiger partial charge is 0.494 e. The van der Waals surface area contributed by atoms with Crippen molar-refractivity contribution >= 4 is 28.9 Å². The second-order valence-electron chi connectivity index (χ2n) is 6.89. The molecule has 0 bridgehead atoms. The third-order valence-electron chi connectivity index (χ3n) is 4.69. The van der Waals surface area contributed by atoms with Gasteiger partial charge in [0.1, 0.15) is 5.82 Å². The van der Waals surface area contributed by atoms with Crippen molar-refractivity contribution in [2.24, 2.45) is 0 Å². The van der Waals surface area contributed by atoms with Crippen LogP contribution in [0.5, 0.6) is 5.75 Å². The summed E-state index contributed by atoms with van der Waals surface area (Å²) in [5.41, 5.74) is 0.826. The molecule has 0 saturated heterocycles. The van der Waals surface area contributed by atoms with Gasteiger partial charge in [-0.25, -0.2) is 14.4 Å². The van der Waals surface area contributed by atoms with Crippen LogP contribution in [0.4, 0.5) is 27.4 Å². The van der Waals surface area contributed by atoms with E-state index in [1.165, 1.54) is 26.3 Å². The second-order valence-corrected chi connectivity index (χ2v) is 6.89. The van der Waals surface area contributed by atoms with Crippen molar-refractivity contribution in [1.82, 2.24) is 40.5 Å². The fraction of sp³-hybridized carbons (Fsp3) is 0.190. The summed E-state index contributed by atoms with van der Waals surface area (Å²) in [6, 6.07) is 5.71. The molecule has 0 fully saturated rings. The van der Waals surface area contributed by atoms with Crippen LogP contribution >= 0.6 is 0 Å². The summed E-state index contributed by atoms with van der Waals surface area (Å²) in [4.78, 5) is 20.8. The Labute approximate surface area is 193 Å². The van der Waals surface area contributed by atoms with Crippen LogP contribution < -0.4 is 20.7 Å². The van der Waals surface area contributed by atoms with Crippen molar-refractivity contribution < 1.29 is 13.9 Å². The molecule has 12 nitrogen and oxygen atoms in total. The first kappa shape index (κ1) is 22.5. The minimum Gasteiger partial charge on any atom is -0.494 e. The molecule has 34 heavy (non-hydrogen) atoms. The molecule has 174 valence electrons. The molecule has 1 amide bonds. The SMILES string of the molecule is CCn1cc(Nc2cc(Nc3cc(F)cc(-c4ncccn4)c3OC)c(C(=O)NC)nn2)nn1. The maximum Gasteiger partial charge on any atom is 0.273 e. The summed E-state index contributed by atoms with van der Waals surface area (Å²) in [7, 11) is 2.91. The molecule has 0 saturated carbocycles. The smallest absolute Gasteiger partial charge is 0.273 e. The van der Waals surface area contributed by atoms with Crippen molar-refractivity contribution in [3.63, 3.8) is 0 Å². The van der Waals surface area contributed by atoms with E-state index in [4.69, 9.17) is 4.74 Å². The Bertz CT molecular complexity index is 1310. The first-order valence-electron chi connectivity index (χ1n) is 10.2. The highest BCUT2D eigenvalue weighted by Crippen LogP contribution is 2.38. The van der Waals surface area contributed by atoms with E-state index in [1.807, 2.05) is 6.92 Å². The summed E-state index contributed by atoms with van der Waals surface area (Å²) < 4.78 is 21.8. The van der Waals surface area contributed by atoms with Gasteiger partial charge >= 0.3 is 0 Å². The topological polar surface area (TPSA) is 145 Å². The van der Waals surface area contributed by atoms with Crippen molar-refractivity contribution in [2.75, 3.05) is 24.8 Å². The van der Waals surface area contributed by atoms with E-state index < -0.39 is 11.7 Å². The van der Waals surface area contributed by atoms with Gasteiger partial charge in [0.05, 0.1) is 30.2 Å². The van der Waals surface area contributed by atoms with E-state index in [0.717, 1.165) is 0 Å². The lowest BCUT2D eigenvalue weighted by atomic mass is 10.1. The van der Waals surface area contributed by atoms with Crippen LogP contribution in [0.25, 0.3) is 11.4 Å². The monoisotopic (exact) mass is 464 g/mol. The van der Waals surface area contributed by atoms with Crippen LogP contribution in [0.15, 0.2) is 42.9 Å². The normalized spacial score (nSPS) is 10.6. The number of carbonyl (C=O) groups is 1. The molecule has 0 aliphatic carbocycles. The fourth-order valence-electron chi connectivity index (χ4n) is 3.13. The zero-order chi connectivity index (χ0) is 24.1. The standard InChI is InChI=1S/C21H21FN10O2/c1-4-32-11-17(29-31-32)27-16-10-14(18(30-28-16)21(33)23-2)26-15-9-12(22)8-13(19(15)34-3)20-24-6-5-7-25-20/h5-11H,4H2,1-3H3,(H,23,33)(H2,26,27,28). The number of aryl methyl sites for hydroxylation is 1.